The van der Waals surface area contributed by atoms with E-state index < -0.39 is 11.4 Å². The number of thioether (sulfide) groups is 1. The van der Waals surface area contributed by atoms with Crippen LogP contribution in [0, 0.1) is 5.82 Å². The van der Waals surface area contributed by atoms with E-state index in [1.807, 2.05) is 6.92 Å². The third kappa shape index (κ3) is 4.56. The largest absolute Gasteiger partial charge is 0.477 e. The SMILES string of the molecule is CCCOc1cnc(C(=O)Cc2ccc(F)c([C@]3(C)C=CSC(N)=N3)c2)cn1. The number of carbonyl (C=O) groups is 1. The van der Waals surface area contributed by atoms with Crippen molar-refractivity contribution in [3.8, 4) is 5.88 Å². The highest BCUT2D eigenvalue weighted by Gasteiger charge is 2.29. The van der Waals surface area contributed by atoms with Crippen LogP contribution in [0.25, 0.3) is 0 Å². The lowest BCUT2D eigenvalue weighted by Gasteiger charge is -2.26. The van der Waals surface area contributed by atoms with Crippen LogP contribution in [-0.4, -0.2) is 27.5 Å². The number of halogens is 1. The molecule has 0 saturated heterocycles. The van der Waals surface area contributed by atoms with Gasteiger partial charge in [0.15, 0.2) is 11.0 Å². The van der Waals surface area contributed by atoms with Gasteiger partial charge in [-0.1, -0.05) is 24.8 Å². The molecule has 0 fully saturated rings. The van der Waals surface area contributed by atoms with E-state index in [-0.39, 0.29) is 17.9 Å². The maximum Gasteiger partial charge on any atom is 0.232 e. The summed E-state index contributed by atoms with van der Waals surface area (Å²) >= 11 is 1.28. The van der Waals surface area contributed by atoms with Crippen LogP contribution >= 0.6 is 11.8 Å². The highest BCUT2D eigenvalue weighted by Crippen LogP contribution is 2.34. The van der Waals surface area contributed by atoms with Crippen LogP contribution in [0.3, 0.4) is 0 Å². The minimum Gasteiger partial charge on any atom is -0.477 e. The van der Waals surface area contributed by atoms with Crippen molar-refractivity contribution in [2.24, 2.45) is 10.7 Å². The molecule has 1 aliphatic heterocycles. The van der Waals surface area contributed by atoms with Crippen LogP contribution in [0.1, 0.15) is 41.9 Å². The van der Waals surface area contributed by atoms with Gasteiger partial charge in [-0.15, -0.1) is 0 Å². The number of aliphatic imine (C=N–C) groups is 1. The average Bonchev–Trinajstić information content (AvgIpc) is 2.68. The van der Waals surface area contributed by atoms with Crippen molar-refractivity contribution >= 4 is 22.7 Å². The molecule has 0 amide bonds. The third-order valence-corrected chi connectivity index (χ3v) is 4.84. The first kappa shape index (κ1) is 20.0. The first-order chi connectivity index (χ1) is 13.4. The zero-order chi connectivity index (χ0) is 20.1. The van der Waals surface area contributed by atoms with E-state index in [1.165, 1.54) is 30.2 Å². The molecule has 2 aromatic rings. The Hall–Kier alpha value is -2.74. The number of nitrogens with two attached hydrogens (primary N) is 1. The smallest absolute Gasteiger partial charge is 0.232 e. The Labute approximate surface area is 167 Å². The predicted octanol–water partition coefficient (Wildman–Crippen LogP) is 3.62. The van der Waals surface area contributed by atoms with Crippen molar-refractivity contribution in [2.45, 2.75) is 32.2 Å². The van der Waals surface area contributed by atoms with Crippen molar-refractivity contribution in [2.75, 3.05) is 6.61 Å². The second-order valence-electron chi connectivity index (χ2n) is 6.52. The molecular formula is C20H21FN4O2S. The minimum absolute atomic E-state index is 0.0743. The minimum atomic E-state index is -0.906. The fraction of sp³-hybridized carbons (Fsp3) is 0.300. The quantitative estimate of drug-likeness (QED) is 0.714. The number of carbonyl (C=O) groups excluding carboxylic acids is 1. The second-order valence-corrected chi connectivity index (χ2v) is 7.45. The van der Waals surface area contributed by atoms with Gasteiger partial charge in [-0.3, -0.25) is 4.79 Å². The molecule has 0 unspecified atom stereocenters. The van der Waals surface area contributed by atoms with E-state index in [4.69, 9.17) is 10.5 Å². The number of Topliss-reactive ketones (excluding diaryl/α,β-unsaturated/α-hetero) is 1. The van der Waals surface area contributed by atoms with Crippen LogP contribution in [0.5, 0.6) is 5.88 Å². The lowest BCUT2D eigenvalue weighted by molar-refractivity contribution is 0.0987. The molecule has 28 heavy (non-hydrogen) atoms. The first-order valence-corrected chi connectivity index (χ1v) is 9.76. The third-order valence-electron chi connectivity index (χ3n) is 4.23. The molecule has 0 aliphatic carbocycles. The van der Waals surface area contributed by atoms with Gasteiger partial charge in [0.25, 0.3) is 0 Å². The van der Waals surface area contributed by atoms with Gasteiger partial charge in [0, 0.05) is 12.0 Å². The number of rotatable bonds is 7. The molecule has 8 heteroatoms. The number of hydrogen-bond acceptors (Lipinski definition) is 7. The van der Waals surface area contributed by atoms with Gasteiger partial charge in [-0.2, -0.15) is 0 Å². The van der Waals surface area contributed by atoms with Crippen molar-refractivity contribution in [1.29, 1.82) is 0 Å². The van der Waals surface area contributed by atoms with Gasteiger partial charge in [-0.25, -0.2) is 19.4 Å². The Balaban J connectivity index is 1.79. The monoisotopic (exact) mass is 400 g/mol. The number of benzene rings is 1. The molecule has 2 N–H and O–H groups in total. The summed E-state index contributed by atoms with van der Waals surface area (Å²) in [6, 6.07) is 4.58. The van der Waals surface area contributed by atoms with Crippen molar-refractivity contribution in [1.82, 2.24) is 9.97 Å². The maximum absolute atomic E-state index is 14.5. The summed E-state index contributed by atoms with van der Waals surface area (Å²) in [5.41, 5.74) is 6.15. The summed E-state index contributed by atoms with van der Waals surface area (Å²) in [6.45, 7) is 4.31. The molecule has 146 valence electrons. The Morgan fingerprint density at radius 1 is 1.32 bits per heavy atom. The lowest BCUT2D eigenvalue weighted by atomic mass is 9.90. The highest BCUT2D eigenvalue weighted by atomic mass is 32.2. The lowest BCUT2D eigenvalue weighted by Crippen LogP contribution is -2.25. The number of amidine groups is 1. The number of aromatic nitrogens is 2. The van der Waals surface area contributed by atoms with Crippen molar-refractivity contribution in [3.63, 3.8) is 0 Å². The average molecular weight is 400 g/mol. The van der Waals surface area contributed by atoms with E-state index in [1.54, 1.807) is 30.5 Å². The summed E-state index contributed by atoms with van der Waals surface area (Å²) in [7, 11) is 0. The molecule has 2 heterocycles. The topological polar surface area (TPSA) is 90.5 Å². The molecule has 0 spiro atoms. The normalized spacial score (nSPS) is 18.6. The molecule has 1 aromatic carbocycles. The molecule has 0 saturated carbocycles. The van der Waals surface area contributed by atoms with Crippen LogP contribution in [-0.2, 0) is 12.0 Å². The number of ether oxygens (including phenoxy) is 1. The van der Waals surface area contributed by atoms with E-state index >= 15 is 0 Å². The van der Waals surface area contributed by atoms with E-state index in [2.05, 4.69) is 15.0 Å². The fourth-order valence-electron chi connectivity index (χ4n) is 2.77. The Morgan fingerprint density at radius 3 is 2.82 bits per heavy atom. The molecule has 1 atom stereocenters. The highest BCUT2D eigenvalue weighted by molar-refractivity contribution is 8.16. The zero-order valence-electron chi connectivity index (χ0n) is 15.7. The standard InChI is InChI=1S/C20H21FN4O2S/c1-3-7-27-18-12-23-16(11-24-18)17(26)10-13-4-5-15(21)14(9-13)20(2)6-8-28-19(22)25-20/h4-6,8-9,11-12H,3,7,10H2,1-2H3,(H2,22,25)/t20-/m0/s1. The number of nitrogens with zero attached hydrogens (tertiary/aromatic N) is 3. The van der Waals surface area contributed by atoms with Gasteiger partial charge < -0.3 is 10.5 Å². The van der Waals surface area contributed by atoms with E-state index in [9.17, 15) is 9.18 Å². The van der Waals surface area contributed by atoms with Gasteiger partial charge in [0.1, 0.15) is 17.1 Å². The van der Waals surface area contributed by atoms with Crippen LogP contribution in [0.2, 0.25) is 0 Å². The van der Waals surface area contributed by atoms with E-state index in [0.29, 0.717) is 28.8 Å². The fourth-order valence-corrected chi connectivity index (χ4v) is 3.48. The summed E-state index contributed by atoms with van der Waals surface area (Å²) in [5, 5.41) is 2.16. The summed E-state index contributed by atoms with van der Waals surface area (Å²) < 4.78 is 19.8. The molecule has 0 bridgehead atoms. The Morgan fingerprint density at radius 2 is 2.14 bits per heavy atom. The van der Waals surface area contributed by atoms with Crippen LogP contribution < -0.4 is 10.5 Å². The Kier molecular flexibility index (Phi) is 6.08. The van der Waals surface area contributed by atoms with Crippen LogP contribution in [0.15, 0.2) is 47.1 Å². The summed E-state index contributed by atoms with van der Waals surface area (Å²) in [4.78, 5) is 25.1. The molecule has 1 aliphatic rings. The molecule has 1 aromatic heterocycles. The molecular weight excluding hydrogens is 379 g/mol. The van der Waals surface area contributed by atoms with Gasteiger partial charge in [0.2, 0.25) is 5.88 Å². The summed E-state index contributed by atoms with van der Waals surface area (Å²) in [5.74, 6) is -0.230. The van der Waals surface area contributed by atoms with Crippen molar-refractivity contribution < 1.29 is 13.9 Å². The van der Waals surface area contributed by atoms with Gasteiger partial charge in [0.05, 0.1) is 19.0 Å². The van der Waals surface area contributed by atoms with Crippen molar-refractivity contribution in [3.05, 3.63) is 64.7 Å². The van der Waals surface area contributed by atoms with Gasteiger partial charge in [-0.05, 0) is 42.5 Å². The first-order valence-electron chi connectivity index (χ1n) is 8.88. The van der Waals surface area contributed by atoms with Gasteiger partial charge >= 0.3 is 0 Å². The zero-order valence-corrected chi connectivity index (χ0v) is 16.5. The molecule has 0 radical (unpaired) electrons. The molecule has 6 nitrogen and oxygen atoms in total. The molecule has 3 rings (SSSR count). The maximum atomic E-state index is 14.5. The number of ketones is 1. The Bertz CT molecular complexity index is 930. The van der Waals surface area contributed by atoms with Crippen LogP contribution in [0.4, 0.5) is 4.39 Å². The number of hydrogen-bond donors (Lipinski definition) is 1. The van der Waals surface area contributed by atoms with E-state index in [0.717, 1.165) is 6.42 Å². The second kappa shape index (κ2) is 8.52. The predicted molar refractivity (Wildman–Crippen MR) is 108 cm³/mol. The summed E-state index contributed by atoms with van der Waals surface area (Å²) in [6.07, 6.45) is 5.55.